The van der Waals surface area contributed by atoms with Gasteiger partial charge in [-0.2, -0.15) is 0 Å². The smallest absolute Gasteiger partial charge is 0.0520 e. The van der Waals surface area contributed by atoms with Gasteiger partial charge in [0.15, 0.2) is 0 Å². The van der Waals surface area contributed by atoms with Gasteiger partial charge in [0.05, 0.1) is 11.7 Å². The number of halogens is 3. The molecule has 0 fully saturated rings. The summed E-state index contributed by atoms with van der Waals surface area (Å²) < 4.78 is 3.35. The summed E-state index contributed by atoms with van der Waals surface area (Å²) in [6, 6.07) is 13.2. The van der Waals surface area contributed by atoms with Crippen LogP contribution in [0.2, 0.25) is 0 Å². The normalized spacial score (nSPS) is 17.3. The van der Waals surface area contributed by atoms with E-state index in [0.29, 0.717) is 6.04 Å². The fraction of sp³-hybridized carbons (Fsp3) is 0.200. The number of hydrogen-bond donors (Lipinski definition) is 1. The SMILES string of the molecule is Brc1ccc2c(c1)CCC2Nc1cc(Br)ccc1Br. The van der Waals surface area contributed by atoms with Crippen LogP contribution in [0.25, 0.3) is 0 Å². The summed E-state index contributed by atoms with van der Waals surface area (Å²) in [5.74, 6) is 0. The van der Waals surface area contributed by atoms with Crippen LogP contribution >= 0.6 is 47.8 Å². The maximum atomic E-state index is 3.63. The number of hydrogen-bond acceptors (Lipinski definition) is 1. The van der Waals surface area contributed by atoms with E-state index in [9.17, 15) is 0 Å². The molecule has 0 spiro atoms. The lowest BCUT2D eigenvalue weighted by molar-refractivity contribution is 0.761. The summed E-state index contributed by atoms with van der Waals surface area (Å²) in [6.45, 7) is 0. The summed E-state index contributed by atoms with van der Waals surface area (Å²) in [7, 11) is 0. The van der Waals surface area contributed by atoms with E-state index in [1.54, 1.807) is 0 Å². The largest absolute Gasteiger partial charge is 0.377 e. The Balaban J connectivity index is 1.88. The fourth-order valence-corrected chi connectivity index (χ4v) is 3.66. The van der Waals surface area contributed by atoms with Crippen LogP contribution in [0.15, 0.2) is 49.8 Å². The average molecular weight is 446 g/mol. The third kappa shape index (κ3) is 2.91. The summed E-state index contributed by atoms with van der Waals surface area (Å²) in [6.07, 6.45) is 2.28. The number of fused-ring (bicyclic) bond motifs is 1. The predicted octanol–water partition coefficient (Wildman–Crippen LogP) is 6.07. The van der Waals surface area contributed by atoms with Crippen LogP contribution in [-0.2, 0) is 6.42 Å². The topological polar surface area (TPSA) is 12.0 Å². The van der Waals surface area contributed by atoms with Gasteiger partial charge in [0.2, 0.25) is 0 Å². The Hall–Kier alpha value is -0.320. The molecule has 0 heterocycles. The van der Waals surface area contributed by atoms with E-state index >= 15 is 0 Å². The third-order valence-corrected chi connectivity index (χ3v) is 5.12. The van der Waals surface area contributed by atoms with Gasteiger partial charge in [-0.15, -0.1) is 0 Å². The Bertz CT molecular complexity index is 625. The minimum atomic E-state index is 0.397. The molecular weight excluding hydrogens is 434 g/mol. The lowest BCUT2D eigenvalue weighted by atomic mass is 10.1. The van der Waals surface area contributed by atoms with Gasteiger partial charge in [0.1, 0.15) is 0 Å². The first-order chi connectivity index (χ1) is 9.13. The molecule has 3 rings (SSSR count). The Labute approximate surface area is 138 Å². The van der Waals surface area contributed by atoms with Gasteiger partial charge in [-0.05, 0) is 70.2 Å². The standard InChI is InChI=1S/C15H12Br3N/c16-10-2-4-12-9(7-10)1-6-14(12)19-15-8-11(17)3-5-13(15)18/h2-5,7-8,14,19H,1,6H2. The zero-order valence-electron chi connectivity index (χ0n) is 10.1. The first kappa shape index (κ1) is 13.7. The minimum Gasteiger partial charge on any atom is -0.377 e. The second-order valence-corrected chi connectivity index (χ2v) is 7.39. The number of anilines is 1. The zero-order valence-corrected chi connectivity index (χ0v) is 14.8. The van der Waals surface area contributed by atoms with Crippen molar-refractivity contribution in [2.75, 3.05) is 5.32 Å². The van der Waals surface area contributed by atoms with Crippen molar-refractivity contribution in [2.45, 2.75) is 18.9 Å². The van der Waals surface area contributed by atoms with Crippen molar-refractivity contribution >= 4 is 53.5 Å². The second kappa shape index (κ2) is 5.58. The van der Waals surface area contributed by atoms with Crippen LogP contribution < -0.4 is 5.32 Å². The zero-order chi connectivity index (χ0) is 13.4. The van der Waals surface area contributed by atoms with Crippen molar-refractivity contribution < 1.29 is 0 Å². The van der Waals surface area contributed by atoms with Crippen LogP contribution in [-0.4, -0.2) is 0 Å². The summed E-state index contributed by atoms with van der Waals surface area (Å²) in [5.41, 5.74) is 3.99. The number of nitrogens with one attached hydrogen (secondary N) is 1. The first-order valence-electron chi connectivity index (χ1n) is 6.13. The summed E-state index contributed by atoms with van der Waals surface area (Å²) in [5, 5.41) is 3.63. The molecule has 0 saturated carbocycles. The number of benzene rings is 2. The minimum absolute atomic E-state index is 0.397. The number of rotatable bonds is 2. The Morgan fingerprint density at radius 3 is 2.53 bits per heavy atom. The van der Waals surface area contributed by atoms with Gasteiger partial charge >= 0.3 is 0 Å². The predicted molar refractivity (Wildman–Crippen MR) is 90.7 cm³/mol. The lowest BCUT2D eigenvalue weighted by Gasteiger charge is -2.17. The highest BCUT2D eigenvalue weighted by Crippen LogP contribution is 2.37. The van der Waals surface area contributed by atoms with E-state index < -0.39 is 0 Å². The van der Waals surface area contributed by atoms with Gasteiger partial charge in [0, 0.05) is 13.4 Å². The second-order valence-electron chi connectivity index (χ2n) is 4.70. The Morgan fingerprint density at radius 2 is 1.68 bits per heavy atom. The molecule has 1 nitrogen and oxygen atoms in total. The van der Waals surface area contributed by atoms with Gasteiger partial charge in [-0.3, -0.25) is 0 Å². The van der Waals surface area contributed by atoms with Crippen molar-refractivity contribution in [1.82, 2.24) is 0 Å². The monoisotopic (exact) mass is 443 g/mol. The van der Waals surface area contributed by atoms with E-state index in [1.165, 1.54) is 11.1 Å². The molecule has 0 aromatic heterocycles. The van der Waals surface area contributed by atoms with E-state index in [1.807, 2.05) is 6.07 Å². The molecule has 1 aliphatic carbocycles. The summed E-state index contributed by atoms with van der Waals surface area (Å²) in [4.78, 5) is 0. The van der Waals surface area contributed by atoms with Gasteiger partial charge < -0.3 is 5.32 Å². The highest BCUT2D eigenvalue weighted by Gasteiger charge is 2.22. The molecule has 19 heavy (non-hydrogen) atoms. The molecule has 1 atom stereocenters. The Morgan fingerprint density at radius 1 is 0.947 bits per heavy atom. The first-order valence-corrected chi connectivity index (χ1v) is 8.51. The molecule has 4 heteroatoms. The van der Waals surface area contributed by atoms with Crippen molar-refractivity contribution in [3.63, 3.8) is 0 Å². The molecule has 0 saturated heterocycles. The quantitative estimate of drug-likeness (QED) is 0.591. The van der Waals surface area contributed by atoms with Gasteiger partial charge in [-0.25, -0.2) is 0 Å². The van der Waals surface area contributed by atoms with Crippen molar-refractivity contribution in [1.29, 1.82) is 0 Å². The van der Waals surface area contributed by atoms with E-state index in [2.05, 4.69) is 83.4 Å². The molecule has 1 N–H and O–H groups in total. The highest BCUT2D eigenvalue weighted by atomic mass is 79.9. The van der Waals surface area contributed by atoms with Crippen molar-refractivity contribution in [2.24, 2.45) is 0 Å². The van der Waals surface area contributed by atoms with E-state index in [4.69, 9.17) is 0 Å². The highest BCUT2D eigenvalue weighted by molar-refractivity contribution is 9.11. The van der Waals surface area contributed by atoms with Crippen LogP contribution in [0, 0.1) is 0 Å². The third-order valence-electron chi connectivity index (χ3n) is 3.44. The maximum Gasteiger partial charge on any atom is 0.0520 e. The Kier molecular flexibility index (Phi) is 4.01. The molecule has 2 aromatic carbocycles. The van der Waals surface area contributed by atoms with Crippen LogP contribution in [0.4, 0.5) is 5.69 Å². The maximum absolute atomic E-state index is 3.63. The molecular formula is C15H12Br3N. The molecule has 2 aromatic rings. The van der Waals surface area contributed by atoms with Crippen molar-refractivity contribution in [3.05, 3.63) is 60.9 Å². The van der Waals surface area contributed by atoms with Crippen molar-refractivity contribution in [3.8, 4) is 0 Å². The molecule has 98 valence electrons. The van der Waals surface area contributed by atoms with Crippen LogP contribution in [0.3, 0.4) is 0 Å². The van der Waals surface area contributed by atoms with E-state index in [0.717, 1.165) is 31.9 Å². The van der Waals surface area contributed by atoms with Gasteiger partial charge in [0.25, 0.3) is 0 Å². The average Bonchev–Trinajstić information content (AvgIpc) is 2.76. The van der Waals surface area contributed by atoms with Gasteiger partial charge in [-0.1, -0.05) is 37.9 Å². The number of aryl methyl sites for hydroxylation is 1. The molecule has 0 aliphatic heterocycles. The lowest BCUT2D eigenvalue weighted by Crippen LogP contribution is -2.07. The molecule has 0 radical (unpaired) electrons. The molecule has 1 aliphatic rings. The fourth-order valence-electron chi connectivity index (χ4n) is 2.53. The summed E-state index contributed by atoms with van der Waals surface area (Å²) >= 11 is 10.7. The van der Waals surface area contributed by atoms with Crippen LogP contribution in [0.1, 0.15) is 23.6 Å². The molecule has 1 unspecified atom stereocenters. The molecule has 0 bridgehead atoms. The molecule has 0 amide bonds. The van der Waals surface area contributed by atoms with E-state index in [-0.39, 0.29) is 0 Å². The van der Waals surface area contributed by atoms with Crippen LogP contribution in [0.5, 0.6) is 0 Å².